The number of ketones is 1. The molecule has 0 aliphatic heterocycles. The van der Waals surface area contributed by atoms with Crippen LogP contribution in [-0.2, 0) is 4.74 Å². The number of hydrogen-bond donors (Lipinski definition) is 1. The first-order valence-electron chi connectivity index (χ1n) is 7.47. The van der Waals surface area contributed by atoms with Crippen molar-refractivity contribution in [3.8, 4) is 5.69 Å². The van der Waals surface area contributed by atoms with Crippen molar-refractivity contribution in [1.29, 1.82) is 0 Å². The fourth-order valence-electron chi connectivity index (χ4n) is 2.01. The van der Waals surface area contributed by atoms with Gasteiger partial charge in [-0.25, -0.2) is 18.7 Å². The van der Waals surface area contributed by atoms with Crippen LogP contribution in [-0.4, -0.2) is 27.0 Å². The molecule has 0 unspecified atom stereocenters. The van der Waals surface area contributed by atoms with Crippen LogP contribution in [0.25, 0.3) is 5.69 Å². The number of aromatic nitrogens is 2. The van der Waals surface area contributed by atoms with Crippen molar-refractivity contribution in [2.24, 2.45) is 0 Å². The minimum absolute atomic E-state index is 0.143. The Morgan fingerprint density at radius 1 is 1.20 bits per heavy atom. The molecular weight excluding hydrogens is 329 g/mol. The van der Waals surface area contributed by atoms with Crippen LogP contribution in [0.2, 0.25) is 0 Å². The SMILES string of the molecule is CC(=O)c1cnc(NC(=O)OC(C)(C)C)n(-c2ccc(F)cc2)c1=O. The first-order chi connectivity index (χ1) is 11.6. The molecule has 8 heteroatoms. The van der Waals surface area contributed by atoms with E-state index in [0.29, 0.717) is 0 Å². The highest BCUT2D eigenvalue weighted by atomic mass is 19.1. The summed E-state index contributed by atoms with van der Waals surface area (Å²) < 4.78 is 19.3. The molecule has 1 amide bonds. The van der Waals surface area contributed by atoms with Crippen molar-refractivity contribution in [1.82, 2.24) is 9.55 Å². The number of halogens is 1. The van der Waals surface area contributed by atoms with Gasteiger partial charge in [0.05, 0.1) is 5.69 Å². The molecule has 0 aliphatic rings. The Balaban J connectivity index is 2.54. The van der Waals surface area contributed by atoms with Gasteiger partial charge >= 0.3 is 6.09 Å². The molecule has 0 saturated carbocycles. The molecule has 0 saturated heterocycles. The second-order valence-electron chi connectivity index (χ2n) is 6.30. The number of amides is 1. The molecule has 1 N–H and O–H groups in total. The van der Waals surface area contributed by atoms with E-state index in [2.05, 4.69) is 10.3 Å². The highest BCUT2D eigenvalue weighted by Gasteiger charge is 2.20. The Morgan fingerprint density at radius 2 is 1.80 bits per heavy atom. The van der Waals surface area contributed by atoms with E-state index in [1.54, 1.807) is 20.8 Å². The maximum Gasteiger partial charge on any atom is 0.414 e. The van der Waals surface area contributed by atoms with Crippen molar-refractivity contribution < 1.29 is 18.7 Å². The molecule has 2 rings (SSSR count). The molecule has 2 aromatic rings. The predicted molar refractivity (Wildman–Crippen MR) is 89.7 cm³/mol. The summed E-state index contributed by atoms with van der Waals surface area (Å²) >= 11 is 0. The number of nitrogens with one attached hydrogen (secondary N) is 1. The zero-order chi connectivity index (χ0) is 18.8. The second-order valence-corrected chi connectivity index (χ2v) is 6.30. The van der Waals surface area contributed by atoms with Crippen molar-refractivity contribution in [2.75, 3.05) is 5.32 Å². The lowest BCUT2D eigenvalue weighted by Crippen LogP contribution is -2.32. The summed E-state index contributed by atoms with van der Waals surface area (Å²) in [4.78, 5) is 40.1. The molecular formula is C17H18FN3O4. The minimum Gasteiger partial charge on any atom is -0.444 e. The molecule has 0 aliphatic carbocycles. The summed E-state index contributed by atoms with van der Waals surface area (Å²) in [5.74, 6) is -1.11. The minimum atomic E-state index is -0.814. The summed E-state index contributed by atoms with van der Waals surface area (Å²) in [7, 11) is 0. The fourth-order valence-corrected chi connectivity index (χ4v) is 2.01. The van der Waals surface area contributed by atoms with E-state index in [9.17, 15) is 18.8 Å². The second kappa shape index (κ2) is 6.84. The van der Waals surface area contributed by atoms with Crippen LogP contribution in [0.3, 0.4) is 0 Å². The number of hydrogen-bond acceptors (Lipinski definition) is 5. The van der Waals surface area contributed by atoms with Crippen molar-refractivity contribution in [2.45, 2.75) is 33.3 Å². The zero-order valence-electron chi connectivity index (χ0n) is 14.3. The van der Waals surface area contributed by atoms with Gasteiger partial charge in [0.25, 0.3) is 5.56 Å². The van der Waals surface area contributed by atoms with E-state index < -0.39 is 28.9 Å². The molecule has 0 radical (unpaired) electrons. The average Bonchev–Trinajstić information content (AvgIpc) is 2.46. The Kier molecular flexibility index (Phi) is 5.01. The van der Waals surface area contributed by atoms with Gasteiger partial charge in [-0.15, -0.1) is 0 Å². The molecule has 1 heterocycles. The lowest BCUT2D eigenvalue weighted by molar-refractivity contribution is 0.0634. The summed E-state index contributed by atoms with van der Waals surface area (Å²) in [6.45, 7) is 6.29. The van der Waals surface area contributed by atoms with Gasteiger partial charge in [0, 0.05) is 6.20 Å². The number of benzene rings is 1. The molecule has 0 fully saturated rings. The van der Waals surface area contributed by atoms with Crippen LogP contribution in [0.1, 0.15) is 38.1 Å². The molecule has 0 bridgehead atoms. The molecule has 7 nitrogen and oxygen atoms in total. The molecule has 0 atom stereocenters. The smallest absolute Gasteiger partial charge is 0.414 e. The first kappa shape index (κ1) is 18.3. The normalized spacial score (nSPS) is 11.1. The van der Waals surface area contributed by atoms with Gasteiger partial charge in [0.15, 0.2) is 5.78 Å². The van der Waals surface area contributed by atoms with Crippen LogP contribution < -0.4 is 10.9 Å². The highest BCUT2D eigenvalue weighted by Crippen LogP contribution is 2.15. The fraction of sp³-hybridized carbons (Fsp3) is 0.294. The number of anilines is 1. The monoisotopic (exact) mass is 347 g/mol. The summed E-state index contributed by atoms with van der Waals surface area (Å²) in [6, 6.07) is 4.98. The van der Waals surface area contributed by atoms with Crippen molar-refractivity contribution >= 4 is 17.8 Å². The lowest BCUT2D eigenvalue weighted by atomic mass is 10.2. The quantitative estimate of drug-likeness (QED) is 0.862. The van der Waals surface area contributed by atoms with Crippen LogP contribution in [0.4, 0.5) is 15.1 Å². The van der Waals surface area contributed by atoms with Crippen LogP contribution in [0.5, 0.6) is 0 Å². The number of nitrogens with zero attached hydrogens (tertiary/aromatic N) is 2. The van der Waals surface area contributed by atoms with E-state index in [-0.39, 0.29) is 17.2 Å². The zero-order valence-corrected chi connectivity index (χ0v) is 14.3. The average molecular weight is 347 g/mol. The molecule has 0 spiro atoms. The van der Waals surface area contributed by atoms with Gasteiger partial charge in [0.2, 0.25) is 5.95 Å². The molecule has 1 aromatic carbocycles. The van der Waals surface area contributed by atoms with Crippen LogP contribution in [0, 0.1) is 5.82 Å². The van der Waals surface area contributed by atoms with Gasteiger partial charge in [-0.05, 0) is 52.0 Å². The number of carbonyl (C=O) groups is 2. The summed E-state index contributed by atoms with van der Waals surface area (Å²) in [5, 5.41) is 2.37. The Labute approximate surface area is 143 Å². The summed E-state index contributed by atoms with van der Waals surface area (Å²) in [5.41, 5.74) is -1.34. The largest absolute Gasteiger partial charge is 0.444 e. The number of rotatable bonds is 3. The first-order valence-corrected chi connectivity index (χ1v) is 7.47. The Hall–Kier alpha value is -3.03. The number of ether oxygens (including phenoxy) is 1. The Bertz CT molecular complexity index is 867. The molecule has 132 valence electrons. The molecule has 25 heavy (non-hydrogen) atoms. The topological polar surface area (TPSA) is 90.3 Å². The van der Waals surface area contributed by atoms with E-state index >= 15 is 0 Å². The van der Waals surface area contributed by atoms with Gasteiger partial charge < -0.3 is 4.74 Å². The van der Waals surface area contributed by atoms with Crippen LogP contribution in [0.15, 0.2) is 35.3 Å². The number of carbonyl (C=O) groups excluding carboxylic acids is 2. The lowest BCUT2D eigenvalue weighted by Gasteiger charge is -2.20. The van der Waals surface area contributed by atoms with Gasteiger partial charge in [-0.3, -0.25) is 14.9 Å². The van der Waals surface area contributed by atoms with E-state index in [0.717, 1.165) is 22.9 Å². The maximum atomic E-state index is 13.2. The predicted octanol–water partition coefficient (Wildman–Crippen LogP) is 2.92. The number of Topliss-reactive ketones (excluding diaryl/α,β-unsaturated/α-hetero) is 1. The van der Waals surface area contributed by atoms with E-state index in [1.807, 2.05) is 0 Å². The third-order valence-corrected chi connectivity index (χ3v) is 3.04. The van der Waals surface area contributed by atoms with E-state index in [4.69, 9.17) is 4.74 Å². The highest BCUT2D eigenvalue weighted by molar-refractivity contribution is 5.93. The Morgan fingerprint density at radius 3 is 2.32 bits per heavy atom. The van der Waals surface area contributed by atoms with Crippen LogP contribution >= 0.6 is 0 Å². The van der Waals surface area contributed by atoms with Gasteiger partial charge in [0.1, 0.15) is 17.0 Å². The maximum absolute atomic E-state index is 13.2. The summed E-state index contributed by atoms with van der Waals surface area (Å²) in [6.07, 6.45) is 0.267. The van der Waals surface area contributed by atoms with Crippen molar-refractivity contribution in [3.63, 3.8) is 0 Å². The van der Waals surface area contributed by atoms with Gasteiger partial charge in [-0.2, -0.15) is 0 Å². The van der Waals surface area contributed by atoms with E-state index in [1.165, 1.54) is 19.1 Å². The third kappa shape index (κ3) is 4.50. The molecule has 1 aromatic heterocycles. The standard InChI is InChI=1S/C17H18FN3O4/c1-10(22)13-9-19-15(20-16(24)25-17(2,3)4)21(14(13)23)12-7-5-11(18)6-8-12/h5-9H,1-4H3,(H,19,20,24). The van der Waals surface area contributed by atoms with Gasteiger partial charge in [-0.1, -0.05) is 0 Å². The third-order valence-electron chi connectivity index (χ3n) is 3.04. The van der Waals surface area contributed by atoms with Crippen molar-refractivity contribution in [3.05, 3.63) is 52.2 Å².